The van der Waals surface area contributed by atoms with Crippen molar-refractivity contribution in [2.45, 2.75) is 52.1 Å². The van der Waals surface area contributed by atoms with Crippen molar-refractivity contribution < 1.29 is 19.1 Å². The molecule has 1 aliphatic heterocycles. The molecule has 8 heteroatoms. The van der Waals surface area contributed by atoms with E-state index in [1.165, 1.54) is 4.88 Å². The van der Waals surface area contributed by atoms with Gasteiger partial charge in [0.1, 0.15) is 13.2 Å². The average molecular weight is 474 g/mol. The Labute approximate surface area is 200 Å². The predicted molar refractivity (Wildman–Crippen MR) is 131 cm³/mol. The number of fused-ring (bicyclic) bond motifs is 1. The fourth-order valence-corrected chi connectivity index (χ4v) is 4.89. The summed E-state index contributed by atoms with van der Waals surface area (Å²) < 4.78 is 11.5. The zero-order chi connectivity index (χ0) is 24.0. The molecule has 0 aliphatic carbocycles. The predicted octanol–water partition coefficient (Wildman–Crippen LogP) is 4.48. The lowest BCUT2D eigenvalue weighted by atomic mass is 10.0. The van der Waals surface area contributed by atoms with Crippen LogP contribution >= 0.6 is 11.3 Å². The van der Waals surface area contributed by atoms with Crippen LogP contribution in [-0.4, -0.2) is 60.6 Å². The summed E-state index contributed by atoms with van der Waals surface area (Å²) in [4.78, 5) is 31.0. The Morgan fingerprint density at radius 1 is 1.21 bits per heavy atom. The lowest BCUT2D eigenvalue weighted by Gasteiger charge is -2.37. The quantitative estimate of drug-likeness (QED) is 0.614. The van der Waals surface area contributed by atoms with E-state index < -0.39 is 0 Å². The van der Waals surface area contributed by atoms with Crippen molar-refractivity contribution in [2.24, 2.45) is 0 Å². The Morgan fingerprint density at radius 3 is 2.61 bits per heavy atom. The van der Waals surface area contributed by atoms with Crippen molar-refractivity contribution in [3.05, 3.63) is 46.2 Å². The molecule has 0 fully saturated rings. The molecule has 1 N–H and O–H groups in total. The number of rotatable bonds is 8. The second kappa shape index (κ2) is 10.9. The van der Waals surface area contributed by atoms with E-state index in [9.17, 15) is 9.59 Å². The highest BCUT2D eigenvalue weighted by Gasteiger charge is 2.34. The Hall–Kier alpha value is -2.74. The summed E-state index contributed by atoms with van der Waals surface area (Å²) in [5, 5.41) is 5.04. The molecule has 0 saturated heterocycles. The van der Waals surface area contributed by atoms with Gasteiger partial charge in [-0.3, -0.25) is 4.79 Å². The third kappa shape index (κ3) is 6.41. The minimum absolute atomic E-state index is 0.0420. The van der Waals surface area contributed by atoms with Crippen LogP contribution in [0.5, 0.6) is 11.5 Å². The van der Waals surface area contributed by atoms with Crippen LogP contribution in [0.2, 0.25) is 0 Å². The maximum Gasteiger partial charge on any atom is 0.318 e. The second-order valence-corrected chi connectivity index (χ2v) is 10.2. The van der Waals surface area contributed by atoms with Crippen molar-refractivity contribution >= 4 is 23.3 Å². The van der Waals surface area contributed by atoms with Gasteiger partial charge in [-0.25, -0.2) is 4.79 Å². The monoisotopic (exact) mass is 473 g/mol. The number of carbonyl (C=O) groups is 2. The zero-order valence-corrected chi connectivity index (χ0v) is 21.0. The zero-order valence-electron chi connectivity index (χ0n) is 20.2. The number of amides is 3. The summed E-state index contributed by atoms with van der Waals surface area (Å²) in [7, 11) is 1.61. The molecule has 1 aromatic heterocycles. The Kier molecular flexibility index (Phi) is 8.24. The first-order chi connectivity index (χ1) is 15.7. The molecule has 1 atom stereocenters. The van der Waals surface area contributed by atoms with Gasteiger partial charge in [-0.15, -0.1) is 11.3 Å². The number of para-hydroxylation sites is 2. The van der Waals surface area contributed by atoms with Gasteiger partial charge in [-0.05, 0) is 62.8 Å². The minimum Gasteiger partial charge on any atom is -0.493 e. The van der Waals surface area contributed by atoms with Crippen molar-refractivity contribution in [1.82, 2.24) is 15.1 Å². The smallest absolute Gasteiger partial charge is 0.318 e. The van der Waals surface area contributed by atoms with Gasteiger partial charge in [0, 0.05) is 23.5 Å². The first-order valence-corrected chi connectivity index (χ1v) is 12.3. The molecule has 3 amide bonds. The SMILES string of the molecule is CCCN(CC(=O)N1CCc2sccc2C1COc1ccccc1OC)C(=O)NC(C)(C)C. The number of urea groups is 1. The third-order valence-electron chi connectivity index (χ3n) is 5.47. The van der Waals surface area contributed by atoms with E-state index in [1.807, 2.05) is 56.9 Å². The molecule has 1 unspecified atom stereocenters. The number of nitrogens with one attached hydrogen (secondary N) is 1. The molecule has 0 spiro atoms. The molecule has 3 rings (SSSR count). The topological polar surface area (TPSA) is 71.1 Å². The molecular formula is C25H35N3O4S. The number of ether oxygens (including phenoxy) is 2. The molecule has 0 bridgehead atoms. The molecule has 7 nitrogen and oxygen atoms in total. The van der Waals surface area contributed by atoms with E-state index in [2.05, 4.69) is 16.8 Å². The van der Waals surface area contributed by atoms with Gasteiger partial charge in [-0.2, -0.15) is 0 Å². The Balaban J connectivity index is 1.77. The van der Waals surface area contributed by atoms with E-state index in [1.54, 1.807) is 23.3 Å². The molecular weight excluding hydrogens is 438 g/mol. The Bertz CT molecular complexity index is 953. The van der Waals surface area contributed by atoms with Gasteiger partial charge >= 0.3 is 6.03 Å². The molecule has 33 heavy (non-hydrogen) atoms. The van der Waals surface area contributed by atoms with Crippen molar-refractivity contribution in [2.75, 3.05) is 33.4 Å². The number of hydrogen-bond acceptors (Lipinski definition) is 5. The van der Waals surface area contributed by atoms with Crippen LogP contribution in [0.4, 0.5) is 4.79 Å². The highest BCUT2D eigenvalue weighted by atomic mass is 32.1. The van der Waals surface area contributed by atoms with Gasteiger partial charge in [0.15, 0.2) is 11.5 Å². The van der Waals surface area contributed by atoms with Crippen LogP contribution in [0.3, 0.4) is 0 Å². The van der Waals surface area contributed by atoms with Crippen LogP contribution in [-0.2, 0) is 11.2 Å². The van der Waals surface area contributed by atoms with Gasteiger partial charge < -0.3 is 24.6 Å². The summed E-state index contributed by atoms with van der Waals surface area (Å²) in [5.41, 5.74) is 0.754. The van der Waals surface area contributed by atoms with E-state index >= 15 is 0 Å². The van der Waals surface area contributed by atoms with Crippen LogP contribution < -0.4 is 14.8 Å². The van der Waals surface area contributed by atoms with Gasteiger partial charge in [0.2, 0.25) is 5.91 Å². The molecule has 2 aromatic rings. The van der Waals surface area contributed by atoms with Crippen LogP contribution in [0.25, 0.3) is 0 Å². The summed E-state index contributed by atoms with van der Waals surface area (Å²) in [5.74, 6) is 1.23. The van der Waals surface area contributed by atoms with Crippen LogP contribution in [0.15, 0.2) is 35.7 Å². The first-order valence-electron chi connectivity index (χ1n) is 11.4. The number of methoxy groups -OCH3 is 1. The van der Waals surface area contributed by atoms with Gasteiger partial charge in [0.05, 0.1) is 13.2 Å². The number of thiophene rings is 1. The molecule has 1 aromatic carbocycles. The highest BCUT2D eigenvalue weighted by Crippen LogP contribution is 2.35. The Morgan fingerprint density at radius 2 is 1.94 bits per heavy atom. The number of benzene rings is 1. The van der Waals surface area contributed by atoms with E-state index in [0.29, 0.717) is 31.2 Å². The summed E-state index contributed by atoms with van der Waals surface area (Å²) in [6.45, 7) is 9.30. The van der Waals surface area contributed by atoms with Crippen LogP contribution in [0.1, 0.15) is 50.6 Å². The maximum atomic E-state index is 13.5. The molecule has 0 saturated carbocycles. The van der Waals surface area contributed by atoms with Crippen molar-refractivity contribution in [3.63, 3.8) is 0 Å². The third-order valence-corrected chi connectivity index (χ3v) is 6.47. The van der Waals surface area contributed by atoms with E-state index in [0.717, 1.165) is 18.4 Å². The highest BCUT2D eigenvalue weighted by molar-refractivity contribution is 7.10. The maximum absolute atomic E-state index is 13.5. The fourth-order valence-electron chi connectivity index (χ4n) is 3.96. The van der Waals surface area contributed by atoms with E-state index in [-0.39, 0.29) is 30.1 Å². The number of carbonyl (C=O) groups excluding carboxylic acids is 2. The van der Waals surface area contributed by atoms with Crippen molar-refractivity contribution in [1.29, 1.82) is 0 Å². The minimum atomic E-state index is -0.367. The largest absolute Gasteiger partial charge is 0.493 e. The van der Waals surface area contributed by atoms with Crippen LogP contribution in [0, 0.1) is 0 Å². The summed E-state index contributed by atoms with van der Waals surface area (Å²) in [6, 6.07) is 9.15. The second-order valence-electron chi connectivity index (χ2n) is 9.22. The summed E-state index contributed by atoms with van der Waals surface area (Å²) in [6.07, 6.45) is 1.59. The summed E-state index contributed by atoms with van der Waals surface area (Å²) >= 11 is 1.71. The molecule has 1 aliphatic rings. The fraction of sp³-hybridized carbons (Fsp3) is 0.520. The first kappa shape index (κ1) is 24.9. The van der Waals surface area contributed by atoms with Gasteiger partial charge in [-0.1, -0.05) is 19.1 Å². The average Bonchev–Trinajstić information content (AvgIpc) is 3.25. The lowest BCUT2D eigenvalue weighted by molar-refractivity contribution is -0.135. The number of nitrogens with zero attached hydrogens (tertiary/aromatic N) is 2. The standard InChI is InChI=1S/C25H35N3O4S/c1-6-13-27(24(30)26-25(2,3)4)16-23(29)28-14-11-22-18(12-15-33-22)19(28)17-32-21-10-8-7-9-20(21)31-5/h7-10,12,15,19H,6,11,13-14,16-17H2,1-5H3,(H,26,30). The molecule has 180 valence electrons. The molecule has 2 heterocycles. The van der Waals surface area contributed by atoms with Gasteiger partial charge in [0.25, 0.3) is 0 Å². The lowest BCUT2D eigenvalue weighted by Crippen LogP contribution is -2.53. The number of hydrogen-bond donors (Lipinski definition) is 1. The van der Waals surface area contributed by atoms with Crippen molar-refractivity contribution in [3.8, 4) is 11.5 Å². The van der Waals surface area contributed by atoms with E-state index in [4.69, 9.17) is 9.47 Å². The normalized spacial score (nSPS) is 15.5. The molecule has 0 radical (unpaired) electrons.